The van der Waals surface area contributed by atoms with Crippen LogP contribution in [-0.2, 0) is 0 Å². The molecule has 1 aromatic rings. The van der Waals surface area contributed by atoms with Gasteiger partial charge in [0, 0.05) is 12.6 Å². The Labute approximate surface area is 109 Å². The Bertz CT molecular complexity index is 380. The number of benzene rings is 1. The zero-order valence-electron chi connectivity index (χ0n) is 11.1. The topological polar surface area (TPSA) is 64.3 Å². The molecule has 0 radical (unpaired) electrons. The highest BCUT2D eigenvalue weighted by molar-refractivity contribution is 5.96. The summed E-state index contributed by atoms with van der Waals surface area (Å²) < 4.78 is 5.42. The van der Waals surface area contributed by atoms with Gasteiger partial charge in [-0.05, 0) is 25.5 Å². The van der Waals surface area contributed by atoms with E-state index in [-0.39, 0.29) is 11.9 Å². The number of para-hydroxylation sites is 1. The van der Waals surface area contributed by atoms with Gasteiger partial charge in [0.1, 0.15) is 5.75 Å². The Morgan fingerprint density at radius 3 is 2.78 bits per heavy atom. The van der Waals surface area contributed by atoms with Gasteiger partial charge in [-0.2, -0.15) is 0 Å². The molecular formula is C14H22N2O2. The van der Waals surface area contributed by atoms with E-state index in [1.807, 2.05) is 19.1 Å². The summed E-state index contributed by atoms with van der Waals surface area (Å²) in [7, 11) is 0. The van der Waals surface area contributed by atoms with Crippen LogP contribution in [-0.4, -0.2) is 25.1 Å². The largest absolute Gasteiger partial charge is 0.493 e. The van der Waals surface area contributed by atoms with Gasteiger partial charge < -0.3 is 15.8 Å². The number of hydrogen-bond donors (Lipinski definition) is 2. The minimum atomic E-state index is -0.134. The van der Waals surface area contributed by atoms with Crippen molar-refractivity contribution in [3.63, 3.8) is 0 Å². The van der Waals surface area contributed by atoms with Crippen molar-refractivity contribution in [2.24, 2.45) is 5.73 Å². The molecule has 1 unspecified atom stereocenters. The van der Waals surface area contributed by atoms with Crippen molar-refractivity contribution in [3.8, 4) is 5.75 Å². The zero-order valence-corrected chi connectivity index (χ0v) is 11.1. The lowest BCUT2D eigenvalue weighted by Gasteiger charge is -2.13. The SMILES string of the molecule is CCCC(N)CNC(=O)c1ccccc1OCC. The van der Waals surface area contributed by atoms with Crippen LogP contribution >= 0.6 is 0 Å². The van der Waals surface area contributed by atoms with Crippen LogP contribution in [0.25, 0.3) is 0 Å². The molecule has 0 aliphatic rings. The molecule has 18 heavy (non-hydrogen) atoms. The van der Waals surface area contributed by atoms with Gasteiger partial charge in [0.15, 0.2) is 0 Å². The van der Waals surface area contributed by atoms with Crippen molar-refractivity contribution in [2.45, 2.75) is 32.7 Å². The maximum Gasteiger partial charge on any atom is 0.255 e. The summed E-state index contributed by atoms with van der Waals surface area (Å²) in [4.78, 5) is 12.0. The van der Waals surface area contributed by atoms with Crippen LogP contribution in [0.1, 0.15) is 37.0 Å². The molecule has 0 aromatic heterocycles. The highest BCUT2D eigenvalue weighted by Gasteiger charge is 2.12. The van der Waals surface area contributed by atoms with E-state index >= 15 is 0 Å². The van der Waals surface area contributed by atoms with Gasteiger partial charge in [-0.25, -0.2) is 0 Å². The Hall–Kier alpha value is -1.55. The highest BCUT2D eigenvalue weighted by atomic mass is 16.5. The van der Waals surface area contributed by atoms with Gasteiger partial charge in [0.2, 0.25) is 0 Å². The predicted molar refractivity (Wildman–Crippen MR) is 72.8 cm³/mol. The lowest BCUT2D eigenvalue weighted by atomic mass is 10.1. The van der Waals surface area contributed by atoms with E-state index in [0.29, 0.717) is 24.5 Å². The first-order valence-electron chi connectivity index (χ1n) is 6.44. The average molecular weight is 250 g/mol. The third kappa shape index (κ3) is 4.37. The molecular weight excluding hydrogens is 228 g/mol. The number of nitrogens with one attached hydrogen (secondary N) is 1. The first-order valence-corrected chi connectivity index (χ1v) is 6.44. The van der Waals surface area contributed by atoms with Crippen molar-refractivity contribution in [3.05, 3.63) is 29.8 Å². The minimum Gasteiger partial charge on any atom is -0.493 e. The first kappa shape index (κ1) is 14.5. The maximum absolute atomic E-state index is 12.0. The fourth-order valence-electron chi connectivity index (χ4n) is 1.73. The quantitative estimate of drug-likeness (QED) is 0.777. The van der Waals surface area contributed by atoms with Crippen molar-refractivity contribution in [2.75, 3.05) is 13.2 Å². The van der Waals surface area contributed by atoms with Crippen molar-refractivity contribution in [1.29, 1.82) is 0 Å². The number of carbonyl (C=O) groups is 1. The fraction of sp³-hybridized carbons (Fsp3) is 0.500. The predicted octanol–water partition coefficient (Wildman–Crippen LogP) is 1.94. The van der Waals surface area contributed by atoms with Crippen molar-refractivity contribution >= 4 is 5.91 Å². The molecule has 0 spiro atoms. The lowest BCUT2D eigenvalue weighted by Crippen LogP contribution is -2.37. The number of ether oxygens (including phenoxy) is 1. The summed E-state index contributed by atoms with van der Waals surface area (Å²) in [5, 5.41) is 2.84. The second kappa shape index (κ2) is 7.71. The standard InChI is InChI=1S/C14H22N2O2/c1-3-7-11(15)10-16-14(17)12-8-5-6-9-13(12)18-4-2/h5-6,8-9,11H,3-4,7,10,15H2,1-2H3,(H,16,17). The van der Waals surface area contributed by atoms with E-state index in [2.05, 4.69) is 12.2 Å². The van der Waals surface area contributed by atoms with Crippen LogP contribution in [0.4, 0.5) is 0 Å². The van der Waals surface area contributed by atoms with E-state index < -0.39 is 0 Å². The summed E-state index contributed by atoms with van der Waals surface area (Å²) in [5.74, 6) is 0.479. The monoisotopic (exact) mass is 250 g/mol. The summed E-state index contributed by atoms with van der Waals surface area (Å²) in [6.45, 7) is 5.00. The Kier molecular flexibility index (Phi) is 6.22. The molecule has 0 aliphatic carbocycles. The molecule has 1 rings (SSSR count). The summed E-state index contributed by atoms with van der Waals surface area (Å²) in [6.07, 6.45) is 1.93. The first-order chi connectivity index (χ1) is 8.69. The number of nitrogens with two attached hydrogens (primary N) is 1. The molecule has 1 atom stereocenters. The third-order valence-corrected chi connectivity index (χ3v) is 2.62. The normalized spacial score (nSPS) is 11.9. The highest BCUT2D eigenvalue weighted by Crippen LogP contribution is 2.17. The second-order valence-corrected chi connectivity index (χ2v) is 4.19. The zero-order chi connectivity index (χ0) is 13.4. The van der Waals surface area contributed by atoms with Crippen LogP contribution in [0.2, 0.25) is 0 Å². The summed E-state index contributed by atoms with van der Waals surface area (Å²) in [6, 6.07) is 7.24. The number of amides is 1. The van der Waals surface area contributed by atoms with E-state index in [4.69, 9.17) is 10.5 Å². The molecule has 100 valence electrons. The minimum absolute atomic E-state index is 0.0122. The van der Waals surface area contributed by atoms with Gasteiger partial charge in [0.05, 0.1) is 12.2 Å². The van der Waals surface area contributed by atoms with E-state index in [1.165, 1.54) is 0 Å². The fourth-order valence-corrected chi connectivity index (χ4v) is 1.73. The molecule has 0 fully saturated rings. The van der Waals surface area contributed by atoms with E-state index in [1.54, 1.807) is 12.1 Å². The number of carbonyl (C=O) groups excluding carboxylic acids is 1. The molecule has 0 heterocycles. The van der Waals surface area contributed by atoms with Crippen LogP contribution < -0.4 is 15.8 Å². The molecule has 1 amide bonds. The smallest absolute Gasteiger partial charge is 0.255 e. The van der Waals surface area contributed by atoms with Gasteiger partial charge in [0.25, 0.3) is 5.91 Å². The second-order valence-electron chi connectivity index (χ2n) is 4.19. The van der Waals surface area contributed by atoms with Crippen LogP contribution in [0.15, 0.2) is 24.3 Å². The molecule has 1 aromatic carbocycles. The van der Waals surface area contributed by atoms with E-state index in [9.17, 15) is 4.79 Å². The molecule has 4 heteroatoms. The van der Waals surface area contributed by atoms with Crippen LogP contribution in [0, 0.1) is 0 Å². The molecule has 4 nitrogen and oxygen atoms in total. The van der Waals surface area contributed by atoms with Gasteiger partial charge in [-0.3, -0.25) is 4.79 Å². The average Bonchev–Trinajstić information content (AvgIpc) is 2.37. The third-order valence-electron chi connectivity index (χ3n) is 2.62. The molecule has 0 saturated heterocycles. The molecule has 0 aliphatic heterocycles. The summed E-state index contributed by atoms with van der Waals surface area (Å²) >= 11 is 0. The summed E-state index contributed by atoms with van der Waals surface area (Å²) in [5.41, 5.74) is 6.42. The molecule has 3 N–H and O–H groups in total. The van der Waals surface area contributed by atoms with Gasteiger partial charge in [-0.1, -0.05) is 25.5 Å². The maximum atomic E-state index is 12.0. The Balaban J connectivity index is 2.60. The van der Waals surface area contributed by atoms with Crippen LogP contribution in [0.5, 0.6) is 5.75 Å². The molecule has 0 bridgehead atoms. The lowest BCUT2D eigenvalue weighted by molar-refractivity contribution is 0.0947. The van der Waals surface area contributed by atoms with Gasteiger partial charge in [-0.15, -0.1) is 0 Å². The Morgan fingerprint density at radius 1 is 1.39 bits per heavy atom. The number of hydrogen-bond acceptors (Lipinski definition) is 3. The number of rotatable bonds is 7. The Morgan fingerprint density at radius 2 is 2.11 bits per heavy atom. The van der Waals surface area contributed by atoms with E-state index in [0.717, 1.165) is 12.8 Å². The van der Waals surface area contributed by atoms with Crippen LogP contribution in [0.3, 0.4) is 0 Å². The van der Waals surface area contributed by atoms with Crippen molar-refractivity contribution < 1.29 is 9.53 Å². The van der Waals surface area contributed by atoms with Crippen molar-refractivity contribution in [1.82, 2.24) is 5.32 Å². The molecule has 0 saturated carbocycles. The van der Waals surface area contributed by atoms with Gasteiger partial charge >= 0.3 is 0 Å².